The minimum absolute atomic E-state index is 0.0381. The summed E-state index contributed by atoms with van der Waals surface area (Å²) in [5, 5.41) is 2.93. The molecule has 0 aliphatic rings. The predicted molar refractivity (Wildman–Crippen MR) is 89.0 cm³/mol. The third kappa shape index (κ3) is 5.88. The van der Waals surface area contributed by atoms with Crippen LogP contribution in [0.1, 0.15) is 63.2 Å². The van der Waals surface area contributed by atoms with Crippen LogP contribution in [-0.4, -0.2) is 18.5 Å². The van der Waals surface area contributed by atoms with Crippen molar-refractivity contribution in [3.8, 4) is 0 Å². The molecule has 0 aromatic heterocycles. The number of benzene rings is 1. The van der Waals surface area contributed by atoms with Crippen molar-refractivity contribution in [1.82, 2.24) is 0 Å². The topological polar surface area (TPSA) is 55.4 Å². The number of amides is 1. The normalized spacial score (nSPS) is 11.8. The first-order chi connectivity index (χ1) is 10.6. The number of rotatable bonds is 9. The van der Waals surface area contributed by atoms with Gasteiger partial charge >= 0.3 is 5.97 Å². The number of nitrogens with one attached hydrogen (secondary N) is 1. The van der Waals surface area contributed by atoms with Gasteiger partial charge in [0.15, 0.2) is 0 Å². The fraction of sp³-hybridized carbons (Fsp3) is 0.556. The quantitative estimate of drug-likeness (QED) is 0.688. The molecule has 0 heterocycles. The smallest absolute Gasteiger partial charge is 0.338 e. The summed E-state index contributed by atoms with van der Waals surface area (Å²) in [7, 11) is 0. The van der Waals surface area contributed by atoms with Crippen molar-refractivity contribution in [3.05, 3.63) is 29.8 Å². The van der Waals surface area contributed by atoms with Gasteiger partial charge in [-0.1, -0.05) is 39.2 Å². The van der Waals surface area contributed by atoms with Crippen molar-refractivity contribution < 1.29 is 14.3 Å². The van der Waals surface area contributed by atoms with Crippen LogP contribution in [0.3, 0.4) is 0 Å². The van der Waals surface area contributed by atoms with Gasteiger partial charge in [-0.25, -0.2) is 4.79 Å². The highest BCUT2D eigenvalue weighted by Crippen LogP contribution is 2.19. The van der Waals surface area contributed by atoms with Crippen LogP contribution in [-0.2, 0) is 9.53 Å². The Morgan fingerprint density at radius 2 is 1.91 bits per heavy atom. The Balaban J connectivity index is 2.73. The highest BCUT2D eigenvalue weighted by Gasteiger charge is 2.17. The molecule has 22 heavy (non-hydrogen) atoms. The minimum atomic E-state index is -0.366. The second-order valence-electron chi connectivity index (χ2n) is 5.42. The van der Waals surface area contributed by atoms with Gasteiger partial charge in [0, 0.05) is 11.6 Å². The first kappa shape index (κ1) is 18.2. The molecular weight excluding hydrogens is 278 g/mol. The summed E-state index contributed by atoms with van der Waals surface area (Å²) in [5.74, 6) is -0.290. The van der Waals surface area contributed by atoms with Crippen molar-refractivity contribution in [2.24, 2.45) is 5.92 Å². The van der Waals surface area contributed by atoms with Gasteiger partial charge in [-0.3, -0.25) is 4.79 Å². The lowest BCUT2D eigenvalue weighted by Gasteiger charge is -2.16. The van der Waals surface area contributed by atoms with Gasteiger partial charge in [0.1, 0.15) is 0 Å². The average molecular weight is 305 g/mol. The Morgan fingerprint density at radius 1 is 1.14 bits per heavy atom. The number of anilines is 1. The zero-order chi connectivity index (χ0) is 16.4. The summed E-state index contributed by atoms with van der Waals surface area (Å²) in [6, 6.07) is 6.90. The maximum absolute atomic E-state index is 12.4. The van der Waals surface area contributed by atoms with E-state index in [4.69, 9.17) is 4.74 Å². The standard InChI is InChI=1S/C18H27NO3/c1-4-7-10-14(9-5-2)17(20)19-16-12-8-11-15(13-16)18(21)22-6-3/h8,11-14H,4-7,9-10H2,1-3H3,(H,19,20). The van der Waals surface area contributed by atoms with Gasteiger partial charge in [0.25, 0.3) is 0 Å². The molecule has 1 unspecified atom stereocenters. The van der Waals surface area contributed by atoms with E-state index in [-0.39, 0.29) is 17.8 Å². The molecule has 0 saturated heterocycles. The molecule has 1 aromatic rings. The second kappa shape index (κ2) is 9.98. The molecule has 1 atom stereocenters. The number of hydrogen-bond donors (Lipinski definition) is 1. The van der Waals surface area contributed by atoms with Gasteiger partial charge in [0.2, 0.25) is 5.91 Å². The summed E-state index contributed by atoms with van der Waals surface area (Å²) < 4.78 is 4.98. The average Bonchev–Trinajstić information content (AvgIpc) is 2.51. The summed E-state index contributed by atoms with van der Waals surface area (Å²) in [4.78, 5) is 24.1. The number of ether oxygens (including phenoxy) is 1. The molecule has 0 aliphatic heterocycles. The van der Waals surface area contributed by atoms with Gasteiger partial charge < -0.3 is 10.1 Å². The highest BCUT2D eigenvalue weighted by molar-refractivity contribution is 5.95. The van der Waals surface area contributed by atoms with Crippen LogP contribution in [0.4, 0.5) is 5.69 Å². The maximum atomic E-state index is 12.4. The van der Waals surface area contributed by atoms with E-state index in [0.29, 0.717) is 17.9 Å². The fourth-order valence-corrected chi connectivity index (χ4v) is 2.39. The number of carbonyl (C=O) groups excluding carboxylic acids is 2. The zero-order valence-corrected chi connectivity index (χ0v) is 13.9. The number of carbonyl (C=O) groups is 2. The molecule has 0 saturated carbocycles. The third-order valence-corrected chi connectivity index (χ3v) is 3.56. The predicted octanol–water partition coefficient (Wildman–Crippen LogP) is 4.41. The van der Waals surface area contributed by atoms with Crippen molar-refractivity contribution >= 4 is 17.6 Å². The molecule has 4 heteroatoms. The van der Waals surface area contributed by atoms with Crippen LogP contribution in [0.2, 0.25) is 0 Å². The van der Waals surface area contributed by atoms with Crippen molar-refractivity contribution in [2.75, 3.05) is 11.9 Å². The Labute approximate surface area is 133 Å². The van der Waals surface area contributed by atoms with E-state index >= 15 is 0 Å². The Hall–Kier alpha value is -1.84. The molecule has 1 aromatic carbocycles. The van der Waals surface area contributed by atoms with E-state index in [9.17, 15) is 9.59 Å². The van der Waals surface area contributed by atoms with Crippen molar-refractivity contribution in [1.29, 1.82) is 0 Å². The van der Waals surface area contributed by atoms with E-state index < -0.39 is 0 Å². The van der Waals surface area contributed by atoms with E-state index in [1.54, 1.807) is 31.2 Å². The van der Waals surface area contributed by atoms with Gasteiger partial charge in [-0.15, -0.1) is 0 Å². The Bertz CT molecular complexity index is 485. The van der Waals surface area contributed by atoms with Crippen LogP contribution in [0, 0.1) is 5.92 Å². The molecule has 122 valence electrons. The van der Waals surface area contributed by atoms with Crippen LogP contribution >= 0.6 is 0 Å². The monoisotopic (exact) mass is 305 g/mol. The van der Waals surface area contributed by atoms with Gasteiger partial charge in [-0.05, 0) is 38.0 Å². The molecule has 1 rings (SSSR count). The van der Waals surface area contributed by atoms with Gasteiger partial charge in [-0.2, -0.15) is 0 Å². The largest absolute Gasteiger partial charge is 0.462 e. The summed E-state index contributed by atoms with van der Waals surface area (Å²) in [6.07, 6.45) is 4.94. The SMILES string of the molecule is CCCCC(CCC)C(=O)Nc1cccc(C(=O)OCC)c1. The number of esters is 1. The molecular formula is C18H27NO3. The maximum Gasteiger partial charge on any atom is 0.338 e. The zero-order valence-electron chi connectivity index (χ0n) is 13.9. The van der Waals surface area contributed by atoms with E-state index in [1.165, 1.54) is 0 Å². The van der Waals surface area contributed by atoms with Crippen LogP contribution in [0.25, 0.3) is 0 Å². The summed E-state index contributed by atoms with van der Waals surface area (Å²) in [6.45, 7) is 6.33. The summed E-state index contributed by atoms with van der Waals surface area (Å²) >= 11 is 0. The van der Waals surface area contributed by atoms with Crippen LogP contribution < -0.4 is 5.32 Å². The molecule has 1 N–H and O–H groups in total. The lowest BCUT2D eigenvalue weighted by atomic mass is 9.96. The number of hydrogen-bond acceptors (Lipinski definition) is 3. The molecule has 0 radical (unpaired) electrons. The fourth-order valence-electron chi connectivity index (χ4n) is 2.39. The number of unbranched alkanes of at least 4 members (excludes halogenated alkanes) is 1. The second-order valence-corrected chi connectivity index (χ2v) is 5.42. The Kier molecular flexibility index (Phi) is 8.26. The third-order valence-electron chi connectivity index (χ3n) is 3.56. The molecule has 4 nitrogen and oxygen atoms in total. The molecule has 0 fully saturated rings. The first-order valence-electron chi connectivity index (χ1n) is 8.20. The van der Waals surface area contributed by atoms with E-state index in [2.05, 4.69) is 19.2 Å². The minimum Gasteiger partial charge on any atom is -0.462 e. The van der Waals surface area contributed by atoms with Crippen LogP contribution in [0.5, 0.6) is 0 Å². The van der Waals surface area contributed by atoms with E-state index in [0.717, 1.165) is 32.1 Å². The Morgan fingerprint density at radius 3 is 2.55 bits per heavy atom. The summed E-state index contributed by atoms with van der Waals surface area (Å²) in [5.41, 5.74) is 1.11. The molecule has 0 spiro atoms. The highest BCUT2D eigenvalue weighted by atomic mass is 16.5. The van der Waals surface area contributed by atoms with Crippen molar-refractivity contribution in [2.45, 2.75) is 52.9 Å². The van der Waals surface area contributed by atoms with Gasteiger partial charge in [0.05, 0.1) is 12.2 Å². The van der Waals surface area contributed by atoms with Crippen LogP contribution in [0.15, 0.2) is 24.3 Å². The first-order valence-corrected chi connectivity index (χ1v) is 8.20. The van der Waals surface area contributed by atoms with Crippen molar-refractivity contribution in [3.63, 3.8) is 0 Å². The molecule has 1 amide bonds. The molecule has 0 bridgehead atoms. The lowest BCUT2D eigenvalue weighted by molar-refractivity contribution is -0.120. The van der Waals surface area contributed by atoms with E-state index in [1.807, 2.05) is 0 Å². The lowest BCUT2D eigenvalue weighted by Crippen LogP contribution is -2.23. The molecule has 0 aliphatic carbocycles.